The minimum Gasteiger partial charge on any atom is -0.463 e. The van der Waals surface area contributed by atoms with Crippen LogP contribution in [0.2, 0.25) is 0 Å². The highest BCUT2D eigenvalue weighted by atomic mass is 16.6. The van der Waals surface area contributed by atoms with E-state index in [9.17, 15) is 19.8 Å². The van der Waals surface area contributed by atoms with Crippen molar-refractivity contribution < 1.29 is 29.3 Å². The number of β-amino-alcohol motifs (C(OH)–C–C–N with tert-alkyl or cyclic N) is 1. The number of aliphatic hydroxyl groups is 2. The second kappa shape index (κ2) is 31.8. The highest BCUT2D eigenvalue weighted by Crippen LogP contribution is 2.23. The summed E-state index contributed by atoms with van der Waals surface area (Å²) in [6.07, 6.45) is 30.7. The molecule has 7 nitrogen and oxygen atoms in total. The quantitative estimate of drug-likeness (QED) is 0.0515. The maximum atomic E-state index is 13.2. The van der Waals surface area contributed by atoms with Crippen LogP contribution in [0, 0.1) is 0 Å². The summed E-state index contributed by atoms with van der Waals surface area (Å²) >= 11 is 0. The third kappa shape index (κ3) is 24.9. The molecule has 0 aliphatic carbocycles. The zero-order chi connectivity index (χ0) is 35.1. The van der Waals surface area contributed by atoms with Gasteiger partial charge in [-0.05, 0) is 32.1 Å². The number of esters is 2. The molecule has 0 aromatic carbocycles. The molecular weight excluding hydrogens is 602 g/mol. The van der Waals surface area contributed by atoms with Crippen molar-refractivity contribution in [3.63, 3.8) is 0 Å². The fraction of sp³-hybridized carbons (Fsp3) is 0.951. The SMILES string of the molecule is CCCCCCCCCCC(O)COC(=O)CCC1C(=O)OC(CCCCCCCCCC)CN1CC(O)CCCCCCCCCC. The summed E-state index contributed by atoms with van der Waals surface area (Å²) in [5.41, 5.74) is 0. The zero-order valence-electron chi connectivity index (χ0n) is 31.9. The minimum absolute atomic E-state index is 0.00611. The average molecular weight is 682 g/mol. The first kappa shape index (κ1) is 44.8. The Kier molecular flexibility index (Phi) is 29.7. The minimum atomic E-state index is -0.645. The monoisotopic (exact) mass is 682 g/mol. The molecule has 0 spiro atoms. The highest BCUT2D eigenvalue weighted by molar-refractivity contribution is 5.78. The van der Waals surface area contributed by atoms with E-state index < -0.39 is 24.2 Å². The van der Waals surface area contributed by atoms with Crippen molar-refractivity contribution in [2.24, 2.45) is 0 Å². The van der Waals surface area contributed by atoms with Crippen LogP contribution in [0.15, 0.2) is 0 Å². The number of hydrogen-bond donors (Lipinski definition) is 2. The number of aliphatic hydroxyl groups excluding tert-OH is 2. The number of carbonyl (C=O) groups excluding carboxylic acids is 2. The summed E-state index contributed by atoms with van der Waals surface area (Å²) in [5, 5.41) is 21.3. The van der Waals surface area contributed by atoms with E-state index in [1.165, 1.54) is 116 Å². The van der Waals surface area contributed by atoms with Crippen molar-refractivity contribution in [2.75, 3.05) is 19.7 Å². The average Bonchev–Trinajstić information content (AvgIpc) is 3.07. The molecule has 4 unspecified atom stereocenters. The molecule has 0 radical (unpaired) electrons. The van der Waals surface area contributed by atoms with Crippen LogP contribution in [0.4, 0.5) is 0 Å². The zero-order valence-corrected chi connectivity index (χ0v) is 31.9. The smallest absolute Gasteiger partial charge is 0.323 e. The topological polar surface area (TPSA) is 96.3 Å². The molecule has 7 heteroatoms. The van der Waals surface area contributed by atoms with Gasteiger partial charge in [0.25, 0.3) is 0 Å². The van der Waals surface area contributed by atoms with E-state index in [4.69, 9.17) is 9.47 Å². The fourth-order valence-corrected chi connectivity index (χ4v) is 6.97. The molecule has 1 saturated heterocycles. The third-order valence-electron chi connectivity index (χ3n) is 10.1. The van der Waals surface area contributed by atoms with Gasteiger partial charge < -0.3 is 19.7 Å². The third-order valence-corrected chi connectivity index (χ3v) is 10.1. The van der Waals surface area contributed by atoms with Crippen molar-refractivity contribution in [3.05, 3.63) is 0 Å². The van der Waals surface area contributed by atoms with E-state index in [1.54, 1.807) is 0 Å². The number of hydrogen-bond acceptors (Lipinski definition) is 7. The number of carbonyl (C=O) groups is 2. The van der Waals surface area contributed by atoms with Gasteiger partial charge >= 0.3 is 11.9 Å². The van der Waals surface area contributed by atoms with Crippen LogP contribution in [0.1, 0.15) is 207 Å². The molecule has 0 aromatic heterocycles. The number of morpholine rings is 1. The van der Waals surface area contributed by atoms with Gasteiger partial charge in [-0.25, -0.2) is 0 Å². The molecule has 284 valence electrons. The van der Waals surface area contributed by atoms with Gasteiger partial charge in [-0.3, -0.25) is 14.5 Å². The van der Waals surface area contributed by atoms with Crippen LogP contribution in [0.3, 0.4) is 0 Å². The van der Waals surface area contributed by atoms with E-state index in [2.05, 4.69) is 25.7 Å². The Morgan fingerprint density at radius 3 is 1.60 bits per heavy atom. The number of nitrogens with zero attached hydrogens (tertiary/aromatic N) is 1. The van der Waals surface area contributed by atoms with Gasteiger partial charge in [0, 0.05) is 19.5 Å². The van der Waals surface area contributed by atoms with E-state index in [-0.39, 0.29) is 25.1 Å². The summed E-state index contributed by atoms with van der Waals surface area (Å²) in [5.74, 6) is -0.675. The van der Waals surface area contributed by atoms with Gasteiger partial charge in [-0.15, -0.1) is 0 Å². The Morgan fingerprint density at radius 1 is 0.667 bits per heavy atom. The first-order valence-corrected chi connectivity index (χ1v) is 20.9. The summed E-state index contributed by atoms with van der Waals surface area (Å²) in [7, 11) is 0. The van der Waals surface area contributed by atoms with E-state index in [1.807, 2.05) is 0 Å². The predicted molar refractivity (Wildman–Crippen MR) is 199 cm³/mol. The lowest BCUT2D eigenvalue weighted by Gasteiger charge is -2.39. The lowest BCUT2D eigenvalue weighted by atomic mass is 10.0. The van der Waals surface area contributed by atoms with Crippen molar-refractivity contribution in [1.29, 1.82) is 0 Å². The molecule has 0 amide bonds. The molecule has 0 saturated carbocycles. The van der Waals surface area contributed by atoms with Crippen LogP contribution >= 0.6 is 0 Å². The largest absolute Gasteiger partial charge is 0.463 e. The maximum absolute atomic E-state index is 13.2. The van der Waals surface area contributed by atoms with Crippen LogP contribution in [-0.2, 0) is 19.1 Å². The standard InChI is InChI=1S/C41H79NO6/c1-4-7-10-13-16-19-22-25-28-36(43)33-42-34-38(30-27-24-21-18-15-12-9-6-3)48-41(46)39(42)31-32-40(45)47-35-37(44)29-26-23-20-17-14-11-8-5-2/h36-39,43-44H,4-35H2,1-3H3. The maximum Gasteiger partial charge on any atom is 0.323 e. The van der Waals surface area contributed by atoms with Crippen molar-refractivity contribution in [1.82, 2.24) is 4.90 Å². The van der Waals surface area contributed by atoms with Crippen LogP contribution in [-0.4, -0.2) is 71.1 Å². The second-order valence-electron chi connectivity index (χ2n) is 14.8. The molecule has 0 aromatic rings. The molecule has 48 heavy (non-hydrogen) atoms. The molecule has 4 atom stereocenters. The number of ether oxygens (including phenoxy) is 2. The van der Waals surface area contributed by atoms with Gasteiger partial charge in [-0.1, -0.05) is 168 Å². The number of rotatable bonds is 34. The predicted octanol–water partition coefficient (Wildman–Crippen LogP) is 10.2. The summed E-state index contributed by atoms with van der Waals surface area (Å²) in [6.45, 7) is 7.75. The molecule has 1 aliphatic heterocycles. The van der Waals surface area contributed by atoms with Crippen molar-refractivity contribution in [2.45, 2.75) is 231 Å². The lowest BCUT2D eigenvalue weighted by Crippen LogP contribution is -2.54. The van der Waals surface area contributed by atoms with Gasteiger partial charge in [-0.2, -0.15) is 0 Å². The second-order valence-corrected chi connectivity index (χ2v) is 14.8. The normalized spacial score (nSPS) is 18.1. The van der Waals surface area contributed by atoms with Gasteiger partial charge in [0.15, 0.2) is 0 Å². The first-order chi connectivity index (χ1) is 23.4. The Bertz CT molecular complexity index is 746. The van der Waals surface area contributed by atoms with Crippen LogP contribution in [0.5, 0.6) is 0 Å². The highest BCUT2D eigenvalue weighted by Gasteiger charge is 2.37. The van der Waals surface area contributed by atoms with Crippen molar-refractivity contribution in [3.8, 4) is 0 Å². The number of cyclic esters (lactones) is 1. The fourth-order valence-electron chi connectivity index (χ4n) is 6.97. The van der Waals surface area contributed by atoms with Crippen LogP contribution in [0.25, 0.3) is 0 Å². The molecule has 1 heterocycles. The molecular formula is C41H79NO6. The van der Waals surface area contributed by atoms with Crippen molar-refractivity contribution >= 4 is 11.9 Å². The summed E-state index contributed by atoms with van der Waals surface area (Å²) < 4.78 is 11.3. The molecule has 1 aliphatic rings. The molecule has 1 rings (SSSR count). The van der Waals surface area contributed by atoms with Gasteiger partial charge in [0.05, 0.1) is 12.2 Å². The summed E-state index contributed by atoms with van der Waals surface area (Å²) in [6, 6.07) is -0.553. The Labute approximate surface area is 296 Å². The molecule has 1 fully saturated rings. The van der Waals surface area contributed by atoms with Gasteiger partial charge in [0.2, 0.25) is 0 Å². The molecule has 0 bridgehead atoms. The van der Waals surface area contributed by atoms with Crippen LogP contribution < -0.4 is 0 Å². The van der Waals surface area contributed by atoms with E-state index in [0.717, 1.165) is 51.4 Å². The Hall–Kier alpha value is -1.18. The van der Waals surface area contributed by atoms with E-state index in [0.29, 0.717) is 25.9 Å². The van der Waals surface area contributed by atoms with Gasteiger partial charge in [0.1, 0.15) is 18.8 Å². The summed E-state index contributed by atoms with van der Waals surface area (Å²) in [4.78, 5) is 27.9. The number of unbranched alkanes of at least 4 members (excludes halogenated alkanes) is 21. The first-order valence-electron chi connectivity index (χ1n) is 20.9. The van der Waals surface area contributed by atoms with E-state index >= 15 is 0 Å². The lowest BCUT2D eigenvalue weighted by molar-refractivity contribution is -0.169. The molecule has 2 N–H and O–H groups in total. The Balaban J connectivity index is 2.48. The Morgan fingerprint density at radius 2 is 1.10 bits per heavy atom.